The first-order chi connectivity index (χ1) is 13.1. The van der Waals surface area contributed by atoms with Gasteiger partial charge in [0.1, 0.15) is 28.9 Å². The zero-order chi connectivity index (χ0) is 18.8. The smallest absolute Gasteiger partial charge is 0.225 e. The average Bonchev–Trinajstić information content (AvgIpc) is 2.68. The van der Waals surface area contributed by atoms with E-state index in [0.717, 1.165) is 5.56 Å². The van der Waals surface area contributed by atoms with Gasteiger partial charge in [-0.1, -0.05) is 17.2 Å². The van der Waals surface area contributed by atoms with Gasteiger partial charge in [0.05, 0.1) is 13.1 Å². The predicted molar refractivity (Wildman–Crippen MR) is 107 cm³/mol. The summed E-state index contributed by atoms with van der Waals surface area (Å²) in [6, 6.07) is 3.91. The number of nitrogens with zero attached hydrogens (tertiary/aromatic N) is 7. The summed E-state index contributed by atoms with van der Waals surface area (Å²) in [7, 11) is 1.94. The summed E-state index contributed by atoms with van der Waals surface area (Å²) in [5.41, 5.74) is 2.31. The van der Waals surface area contributed by atoms with Crippen molar-refractivity contribution in [2.75, 3.05) is 41.4 Å². The first-order valence-electron chi connectivity index (χ1n) is 8.50. The fourth-order valence-electron chi connectivity index (χ4n) is 3.08. The average molecular weight is 404 g/mol. The van der Waals surface area contributed by atoms with E-state index in [1.165, 1.54) is 6.33 Å². The van der Waals surface area contributed by atoms with Crippen molar-refractivity contribution < 1.29 is 4.55 Å². The van der Waals surface area contributed by atoms with E-state index in [4.69, 9.17) is 11.6 Å². The lowest BCUT2D eigenvalue weighted by atomic mass is 10.2. The number of halogens is 1. The van der Waals surface area contributed by atoms with Gasteiger partial charge in [0.2, 0.25) is 5.28 Å². The van der Waals surface area contributed by atoms with Crippen molar-refractivity contribution in [1.29, 1.82) is 0 Å². The van der Waals surface area contributed by atoms with Crippen LogP contribution in [0.2, 0.25) is 5.28 Å². The summed E-state index contributed by atoms with van der Waals surface area (Å²) in [4.78, 5) is 25.8. The normalized spacial score (nSPS) is 15.3. The van der Waals surface area contributed by atoms with Gasteiger partial charge in [-0.05, 0) is 23.2 Å². The van der Waals surface area contributed by atoms with E-state index in [1.807, 2.05) is 30.3 Å². The van der Waals surface area contributed by atoms with Gasteiger partial charge >= 0.3 is 0 Å². The molecule has 1 saturated heterocycles. The van der Waals surface area contributed by atoms with Crippen LogP contribution in [-0.2, 0) is 17.7 Å². The Labute approximate surface area is 164 Å². The van der Waals surface area contributed by atoms with Crippen molar-refractivity contribution in [2.45, 2.75) is 6.54 Å². The number of hydrogen-bond donors (Lipinski definition) is 0. The van der Waals surface area contributed by atoms with Crippen molar-refractivity contribution in [2.24, 2.45) is 0 Å². The molecule has 10 heteroatoms. The van der Waals surface area contributed by atoms with Crippen LogP contribution in [0.25, 0.3) is 11.0 Å². The van der Waals surface area contributed by atoms with Gasteiger partial charge in [0, 0.05) is 26.0 Å². The number of anilines is 2. The van der Waals surface area contributed by atoms with E-state index in [2.05, 4.69) is 29.8 Å². The van der Waals surface area contributed by atoms with E-state index in [-0.39, 0.29) is 5.28 Å². The Morgan fingerprint density at radius 3 is 2.78 bits per heavy atom. The Morgan fingerprint density at radius 2 is 2.04 bits per heavy atom. The fourth-order valence-corrected chi connectivity index (χ4v) is 4.30. The Balaban J connectivity index is 1.72. The van der Waals surface area contributed by atoms with Gasteiger partial charge in [-0.25, -0.2) is 15.0 Å². The van der Waals surface area contributed by atoms with Crippen LogP contribution < -0.4 is 9.80 Å². The van der Waals surface area contributed by atoms with Crippen LogP contribution in [0.4, 0.5) is 11.6 Å². The molecule has 4 rings (SSSR count). The van der Waals surface area contributed by atoms with Gasteiger partial charge in [-0.3, -0.25) is 4.98 Å². The molecule has 1 aliphatic rings. The number of hydrogen-bond acceptors (Lipinski definition) is 8. The van der Waals surface area contributed by atoms with Crippen LogP contribution in [-0.4, -0.2) is 61.1 Å². The maximum Gasteiger partial charge on any atom is 0.225 e. The first kappa shape index (κ1) is 18.1. The molecule has 0 unspecified atom stereocenters. The van der Waals surface area contributed by atoms with Crippen LogP contribution >= 0.6 is 11.6 Å². The highest BCUT2D eigenvalue weighted by Gasteiger charge is 2.25. The van der Waals surface area contributed by atoms with Crippen molar-refractivity contribution in [3.05, 3.63) is 41.7 Å². The van der Waals surface area contributed by atoms with Crippen molar-refractivity contribution in [1.82, 2.24) is 24.9 Å². The molecule has 4 heterocycles. The molecule has 8 nitrogen and oxygen atoms in total. The monoisotopic (exact) mass is 403 g/mol. The zero-order valence-corrected chi connectivity index (χ0v) is 16.3. The largest absolute Gasteiger partial charge is 0.616 e. The van der Waals surface area contributed by atoms with Crippen LogP contribution in [0.1, 0.15) is 5.56 Å². The molecule has 0 saturated carbocycles. The minimum absolute atomic E-state index is 0.148. The van der Waals surface area contributed by atoms with Crippen molar-refractivity contribution in [3.8, 4) is 0 Å². The Hall–Kier alpha value is -2.23. The molecule has 3 aromatic rings. The summed E-state index contributed by atoms with van der Waals surface area (Å²) in [5, 5.41) is 0.148. The summed E-state index contributed by atoms with van der Waals surface area (Å²) in [5.74, 6) is 2.57. The van der Waals surface area contributed by atoms with Gasteiger partial charge in [-0.2, -0.15) is 4.98 Å². The third-order valence-corrected chi connectivity index (χ3v) is 5.84. The molecule has 0 atom stereocenters. The van der Waals surface area contributed by atoms with E-state index in [9.17, 15) is 4.55 Å². The maximum atomic E-state index is 11.7. The SMILES string of the molecule is CN(Cc1cccnc1)c1ncnc2c(N3CC[S+]([O-])CC3)nc(Cl)nc12. The van der Waals surface area contributed by atoms with Gasteiger partial charge in [-0.15, -0.1) is 0 Å². The third kappa shape index (κ3) is 3.90. The number of pyridine rings is 1. The molecule has 0 spiro atoms. The van der Waals surface area contributed by atoms with Crippen LogP contribution in [0, 0.1) is 0 Å². The summed E-state index contributed by atoms with van der Waals surface area (Å²) < 4.78 is 11.7. The predicted octanol–water partition coefficient (Wildman–Crippen LogP) is 1.67. The minimum Gasteiger partial charge on any atom is -0.616 e. The second kappa shape index (κ2) is 7.79. The molecule has 0 aromatic carbocycles. The van der Waals surface area contributed by atoms with Crippen LogP contribution in [0.15, 0.2) is 30.9 Å². The summed E-state index contributed by atoms with van der Waals surface area (Å²) in [6.07, 6.45) is 5.08. The van der Waals surface area contributed by atoms with E-state index in [1.54, 1.807) is 6.20 Å². The minimum atomic E-state index is -0.773. The van der Waals surface area contributed by atoms with E-state index >= 15 is 0 Å². The zero-order valence-electron chi connectivity index (χ0n) is 14.7. The molecule has 0 amide bonds. The first-order valence-corrected chi connectivity index (χ1v) is 10.4. The lowest BCUT2D eigenvalue weighted by molar-refractivity contribution is 0.585. The molecule has 3 aromatic heterocycles. The number of aromatic nitrogens is 5. The summed E-state index contributed by atoms with van der Waals surface area (Å²) >= 11 is 5.44. The second-order valence-electron chi connectivity index (χ2n) is 6.26. The topological polar surface area (TPSA) is 94.0 Å². The van der Waals surface area contributed by atoms with Gasteiger partial charge in [0.25, 0.3) is 0 Å². The molecule has 0 bridgehead atoms. The number of rotatable bonds is 4. The molecular weight excluding hydrogens is 386 g/mol. The molecule has 0 N–H and O–H groups in total. The quantitative estimate of drug-likeness (QED) is 0.479. The highest BCUT2D eigenvalue weighted by Crippen LogP contribution is 2.29. The molecule has 0 aliphatic carbocycles. The highest BCUT2D eigenvalue weighted by molar-refractivity contribution is 7.91. The summed E-state index contributed by atoms with van der Waals surface area (Å²) in [6.45, 7) is 1.93. The van der Waals surface area contributed by atoms with E-state index in [0.29, 0.717) is 53.8 Å². The maximum absolute atomic E-state index is 11.7. The van der Waals surface area contributed by atoms with Crippen LogP contribution in [0.3, 0.4) is 0 Å². The molecular formula is C17H18ClN7OS. The molecule has 0 radical (unpaired) electrons. The van der Waals surface area contributed by atoms with Crippen LogP contribution in [0.5, 0.6) is 0 Å². The Bertz CT molecular complexity index is 937. The van der Waals surface area contributed by atoms with Crippen molar-refractivity contribution in [3.63, 3.8) is 0 Å². The molecule has 27 heavy (non-hydrogen) atoms. The van der Waals surface area contributed by atoms with E-state index < -0.39 is 11.2 Å². The van der Waals surface area contributed by atoms with Gasteiger partial charge < -0.3 is 14.4 Å². The fraction of sp³-hybridized carbons (Fsp3) is 0.353. The highest BCUT2D eigenvalue weighted by atomic mass is 35.5. The standard InChI is InChI=1S/C17H18ClN7OS/c1-24(10-12-3-2-4-19-9-12)15-14-13(20-11-21-15)16(23-17(18)22-14)25-5-7-27(26)8-6-25/h2-4,9,11H,5-8,10H2,1H3. The Morgan fingerprint density at radius 1 is 1.22 bits per heavy atom. The molecule has 1 fully saturated rings. The van der Waals surface area contributed by atoms with Crippen molar-refractivity contribution >= 4 is 45.4 Å². The Kier molecular flexibility index (Phi) is 5.24. The molecule has 140 valence electrons. The molecule has 1 aliphatic heterocycles. The third-order valence-electron chi connectivity index (χ3n) is 4.40. The number of fused-ring (bicyclic) bond motifs is 1. The second-order valence-corrected chi connectivity index (χ2v) is 8.30. The lowest BCUT2D eigenvalue weighted by Gasteiger charge is -2.29. The van der Waals surface area contributed by atoms with Gasteiger partial charge in [0.15, 0.2) is 11.6 Å². The lowest BCUT2D eigenvalue weighted by Crippen LogP contribution is -2.41.